The first kappa shape index (κ1) is 11.7. The molecule has 1 aliphatic heterocycles. The summed E-state index contributed by atoms with van der Waals surface area (Å²) in [5.74, 6) is -0.507. The summed E-state index contributed by atoms with van der Waals surface area (Å²) in [4.78, 5) is 11.9. The Hall–Kier alpha value is -2.36. The van der Waals surface area contributed by atoms with E-state index in [-0.39, 0.29) is 11.7 Å². The van der Waals surface area contributed by atoms with Crippen LogP contribution in [0.1, 0.15) is 17.2 Å². The van der Waals surface area contributed by atoms with Crippen molar-refractivity contribution in [3.05, 3.63) is 59.4 Å². The fraction of sp³-hybridized carbons (Fsp3) is 0.133. The number of nitrogens with one attached hydrogen (secondary N) is 2. The van der Waals surface area contributed by atoms with Crippen LogP contribution in [-0.2, 0) is 4.79 Å². The van der Waals surface area contributed by atoms with E-state index in [2.05, 4.69) is 10.6 Å². The number of rotatable bonds is 2. The van der Waals surface area contributed by atoms with Crippen molar-refractivity contribution in [1.82, 2.24) is 0 Å². The Bertz CT molecular complexity index is 637. The van der Waals surface area contributed by atoms with Crippen LogP contribution >= 0.6 is 0 Å². The van der Waals surface area contributed by atoms with Crippen molar-refractivity contribution < 1.29 is 9.18 Å². The molecule has 1 heterocycles. The van der Waals surface area contributed by atoms with Gasteiger partial charge < -0.3 is 10.6 Å². The summed E-state index contributed by atoms with van der Waals surface area (Å²) in [6, 6.07) is 11.5. The number of anilines is 2. The molecule has 0 saturated heterocycles. The van der Waals surface area contributed by atoms with Gasteiger partial charge in [0.1, 0.15) is 11.9 Å². The smallest absolute Gasteiger partial charge is 0.251 e. The highest BCUT2D eigenvalue weighted by Crippen LogP contribution is 2.33. The maximum Gasteiger partial charge on any atom is 0.251 e. The standard InChI is InChI=1S/C15H13FN2O/c1-9-2-5-11(6-3-9)17-14-12-8-10(16)4-7-13(12)18-15(14)19/h2-8,14,17H,1H3,(H,18,19). The van der Waals surface area contributed by atoms with Crippen LogP contribution in [0.15, 0.2) is 42.5 Å². The minimum atomic E-state index is -0.548. The lowest BCUT2D eigenvalue weighted by Gasteiger charge is -2.13. The number of benzene rings is 2. The van der Waals surface area contributed by atoms with Crippen LogP contribution in [-0.4, -0.2) is 5.91 Å². The molecule has 1 unspecified atom stereocenters. The zero-order chi connectivity index (χ0) is 13.4. The zero-order valence-electron chi connectivity index (χ0n) is 10.4. The zero-order valence-corrected chi connectivity index (χ0v) is 10.4. The molecular formula is C15H13FN2O. The van der Waals surface area contributed by atoms with Gasteiger partial charge >= 0.3 is 0 Å². The van der Waals surface area contributed by atoms with Gasteiger partial charge in [0.05, 0.1) is 0 Å². The van der Waals surface area contributed by atoms with Gasteiger partial charge in [0.2, 0.25) is 0 Å². The van der Waals surface area contributed by atoms with Gasteiger partial charge in [-0.1, -0.05) is 17.7 Å². The van der Waals surface area contributed by atoms with E-state index in [4.69, 9.17) is 0 Å². The molecule has 0 spiro atoms. The van der Waals surface area contributed by atoms with E-state index < -0.39 is 6.04 Å². The molecule has 0 aromatic heterocycles. The predicted octanol–water partition coefficient (Wildman–Crippen LogP) is 3.24. The third kappa shape index (κ3) is 2.17. The number of halogens is 1. The molecule has 2 aromatic rings. The third-order valence-corrected chi connectivity index (χ3v) is 3.21. The first-order valence-corrected chi connectivity index (χ1v) is 6.07. The molecule has 4 heteroatoms. The van der Waals surface area contributed by atoms with Crippen LogP contribution in [0.4, 0.5) is 15.8 Å². The van der Waals surface area contributed by atoms with Crippen molar-refractivity contribution in [3.8, 4) is 0 Å². The Morgan fingerprint density at radius 1 is 1.16 bits per heavy atom. The number of carbonyl (C=O) groups excluding carboxylic acids is 1. The molecule has 0 saturated carbocycles. The number of aryl methyl sites for hydroxylation is 1. The topological polar surface area (TPSA) is 41.1 Å². The Balaban J connectivity index is 1.91. The lowest BCUT2D eigenvalue weighted by atomic mass is 10.1. The molecule has 3 nitrogen and oxygen atoms in total. The van der Waals surface area contributed by atoms with Crippen molar-refractivity contribution in [2.24, 2.45) is 0 Å². The maximum absolute atomic E-state index is 13.3. The normalized spacial score (nSPS) is 16.9. The number of amides is 1. The Morgan fingerprint density at radius 2 is 1.89 bits per heavy atom. The van der Waals surface area contributed by atoms with Gasteiger partial charge in [-0.15, -0.1) is 0 Å². The van der Waals surface area contributed by atoms with Crippen LogP contribution in [0.25, 0.3) is 0 Å². The third-order valence-electron chi connectivity index (χ3n) is 3.21. The van der Waals surface area contributed by atoms with E-state index >= 15 is 0 Å². The fourth-order valence-electron chi connectivity index (χ4n) is 2.19. The van der Waals surface area contributed by atoms with Crippen molar-refractivity contribution >= 4 is 17.3 Å². The van der Waals surface area contributed by atoms with Crippen molar-refractivity contribution in [2.45, 2.75) is 13.0 Å². The van der Waals surface area contributed by atoms with Gasteiger partial charge in [-0.2, -0.15) is 0 Å². The number of hydrogen-bond acceptors (Lipinski definition) is 2. The minimum absolute atomic E-state index is 0.166. The molecule has 19 heavy (non-hydrogen) atoms. The molecule has 0 radical (unpaired) electrons. The van der Waals surface area contributed by atoms with Crippen LogP contribution in [0.3, 0.4) is 0 Å². The molecule has 0 fully saturated rings. The first-order valence-electron chi connectivity index (χ1n) is 6.07. The Kier molecular flexibility index (Phi) is 2.71. The van der Waals surface area contributed by atoms with Gasteiger partial charge in [-0.05, 0) is 37.3 Å². The molecule has 0 aliphatic carbocycles. The highest BCUT2D eigenvalue weighted by Gasteiger charge is 2.30. The minimum Gasteiger partial charge on any atom is -0.370 e. The summed E-state index contributed by atoms with van der Waals surface area (Å²) in [6.07, 6.45) is 0. The Morgan fingerprint density at radius 3 is 2.63 bits per heavy atom. The van der Waals surface area contributed by atoms with Crippen molar-refractivity contribution in [2.75, 3.05) is 10.6 Å². The quantitative estimate of drug-likeness (QED) is 0.866. The van der Waals surface area contributed by atoms with E-state index in [9.17, 15) is 9.18 Å². The molecule has 2 aromatic carbocycles. The van der Waals surface area contributed by atoms with Crippen LogP contribution in [0.2, 0.25) is 0 Å². The van der Waals surface area contributed by atoms with E-state index in [1.165, 1.54) is 12.1 Å². The van der Waals surface area contributed by atoms with Gasteiger partial charge in [-0.25, -0.2) is 4.39 Å². The summed E-state index contributed by atoms with van der Waals surface area (Å²) in [7, 11) is 0. The SMILES string of the molecule is Cc1ccc(NC2C(=O)Nc3ccc(F)cc32)cc1. The molecule has 2 N–H and O–H groups in total. The lowest BCUT2D eigenvalue weighted by Crippen LogP contribution is -2.19. The lowest BCUT2D eigenvalue weighted by molar-refractivity contribution is -0.116. The molecular weight excluding hydrogens is 243 g/mol. The fourth-order valence-corrected chi connectivity index (χ4v) is 2.19. The van der Waals surface area contributed by atoms with E-state index in [0.717, 1.165) is 11.3 Å². The average Bonchev–Trinajstić information content (AvgIpc) is 2.69. The number of hydrogen-bond donors (Lipinski definition) is 2. The second-order valence-electron chi connectivity index (χ2n) is 4.66. The number of fused-ring (bicyclic) bond motifs is 1. The predicted molar refractivity (Wildman–Crippen MR) is 72.6 cm³/mol. The molecule has 0 bridgehead atoms. The van der Waals surface area contributed by atoms with Gasteiger partial charge in [0.25, 0.3) is 5.91 Å². The molecule has 3 rings (SSSR count). The van der Waals surface area contributed by atoms with E-state index in [1.54, 1.807) is 6.07 Å². The monoisotopic (exact) mass is 256 g/mol. The second-order valence-corrected chi connectivity index (χ2v) is 4.66. The van der Waals surface area contributed by atoms with Crippen LogP contribution < -0.4 is 10.6 Å². The Labute approximate surface area is 110 Å². The van der Waals surface area contributed by atoms with E-state index in [1.807, 2.05) is 31.2 Å². The van der Waals surface area contributed by atoms with Gasteiger partial charge in [0.15, 0.2) is 0 Å². The van der Waals surface area contributed by atoms with E-state index in [0.29, 0.717) is 11.3 Å². The summed E-state index contributed by atoms with van der Waals surface area (Å²) < 4.78 is 13.3. The highest BCUT2D eigenvalue weighted by molar-refractivity contribution is 6.04. The highest BCUT2D eigenvalue weighted by atomic mass is 19.1. The van der Waals surface area contributed by atoms with Gasteiger partial charge in [0, 0.05) is 16.9 Å². The van der Waals surface area contributed by atoms with Crippen molar-refractivity contribution in [1.29, 1.82) is 0 Å². The molecule has 96 valence electrons. The van der Waals surface area contributed by atoms with Gasteiger partial charge in [-0.3, -0.25) is 4.79 Å². The van der Waals surface area contributed by atoms with Crippen LogP contribution in [0, 0.1) is 12.7 Å². The molecule has 1 amide bonds. The van der Waals surface area contributed by atoms with Crippen LogP contribution in [0.5, 0.6) is 0 Å². The number of carbonyl (C=O) groups is 1. The second kappa shape index (κ2) is 4.39. The summed E-state index contributed by atoms with van der Waals surface area (Å²) in [5.41, 5.74) is 3.29. The molecule has 1 atom stereocenters. The maximum atomic E-state index is 13.3. The average molecular weight is 256 g/mol. The summed E-state index contributed by atoms with van der Waals surface area (Å²) >= 11 is 0. The molecule has 1 aliphatic rings. The first-order chi connectivity index (χ1) is 9.13. The summed E-state index contributed by atoms with van der Waals surface area (Å²) in [6.45, 7) is 2.00. The largest absolute Gasteiger partial charge is 0.370 e. The van der Waals surface area contributed by atoms with Crippen molar-refractivity contribution in [3.63, 3.8) is 0 Å². The summed E-state index contributed by atoms with van der Waals surface area (Å²) in [5, 5.41) is 5.86.